The number of halogens is 1. The van der Waals surface area contributed by atoms with Crippen LogP contribution in [-0.2, 0) is 4.79 Å². The summed E-state index contributed by atoms with van der Waals surface area (Å²) in [6, 6.07) is 13.8. The number of rotatable bonds is 4. The Morgan fingerprint density at radius 3 is 2.62 bits per heavy atom. The van der Waals surface area contributed by atoms with Crippen molar-refractivity contribution in [3.8, 4) is 0 Å². The van der Waals surface area contributed by atoms with E-state index in [2.05, 4.69) is 19.2 Å². The highest BCUT2D eigenvalue weighted by molar-refractivity contribution is 6.02. The van der Waals surface area contributed by atoms with Crippen molar-refractivity contribution in [3.05, 3.63) is 71.6 Å². The molecule has 0 saturated carbocycles. The van der Waals surface area contributed by atoms with E-state index in [9.17, 15) is 9.18 Å². The molecule has 0 radical (unpaired) electrons. The van der Waals surface area contributed by atoms with Gasteiger partial charge < -0.3 is 5.32 Å². The van der Waals surface area contributed by atoms with E-state index in [-0.39, 0.29) is 11.7 Å². The van der Waals surface area contributed by atoms with Gasteiger partial charge in [-0.2, -0.15) is 0 Å². The Balaban J connectivity index is 2.09. The van der Waals surface area contributed by atoms with Crippen molar-refractivity contribution in [3.63, 3.8) is 0 Å². The van der Waals surface area contributed by atoms with Crippen LogP contribution in [0, 0.1) is 5.82 Å². The van der Waals surface area contributed by atoms with E-state index < -0.39 is 0 Å². The van der Waals surface area contributed by atoms with Gasteiger partial charge in [-0.3, -0.25) is 4.79 Å². The molecule has 0 bridgehead atoms. The zero-order chi connectivity index (χ0) is 15.2. The van der Waals surface area contributed by atoms with Crippen molar-refractivity contribution in [1.82, 2.24) is 0 Å². The molecule has 1 amide bonds. The van der Waals surface area contributed by atoms with Crippen LogP contribution in [0.25, 0.3) is 6.08 Å². The Morgan fingerprint density at radius 1 is 1.14 bits per heavy atom. The van der Waals surface area contributed by atoms with Crippen LogP contribution < -0.4 is 5.32 Å². The summed E-state index contributed by atoms with van der Waals surface area (Å²) in [6.45, 7) is 4.15. The molecule has 108 valence electrons. The summed E-state index contributed by atoms with van der Waals surface area (Å²) in [7, 11) is 0. The standard InChI is InChI=1S/C18H18FNO/c1-13(2)16-8-3-4-9-17(16)20-18(21)11-10-14-6-5-7-15(19)12-14/h3-13H,1-2H3,(H,20,21)/b11-10+. The van der Waals surface area contributed by atoms with Gasteiger partial charge in [-0.25, -0.2) is 4.39 Å². The Hall–Kier alpha value is -2.42. The summed E-state index contributed by atoms with van der Waals surface area (Å²) in [6.07, 6.45) is 3.00. The van der Waals surface area contributed by atoms with Crippen LogP contribution in [0.2, 0.25) is 0 Å². The van der Waals surface area contributed by atoms with E-state index in [4.69, 9.17) is 0 Å². The lowest BCUT2D eigenvalue weighted by molar-refractivity contribution is -0.111. The maximum atomic E-state index is 13.0. The van der Waals surface area contributed by atoms with Crippen molar-refractivity contribution >= 4 is 17.7 Å². The maximum absolute atomic E-state index is 13.0. The first-order chi connectivity index (χ1) is 10.1. The molecule has 0 heterocycles. The molecule has 0 aliphatic rings. The molecule has 0 saturated heterocycles. The minimum atomic E-state index is -0.317. The average Bonchev–Trinajstić information content (AvgIpc) is 2.45. The van der Waals surface area contributed by atoms with E-state index in [1.165, 1.54) is 18.2 Å². The number of benzene rings is 2. The second-order valence-electron chi connectivity index (χ2n) is 5.12. The summed E-state index contributed by atoms with van der Waals surface area (Å²) in [4.78, 5) is 12.0. The van der Waals surface area contributed by atoms with E-state index >= 15 is 0 Å². The molecule has 0 aromatic heterocycles. The van der Waals surface area contributed by atoms with Crippen LogP contribution in [-0.4, -0.2) is 5.91 Å². The number of amides is 1. The highest BCUT2D eigenvalue weighted by Gasteiger charge is 2.07. The van der Waals surface area contributed by atoms with Gasteiger partial charge in [0.15, 0.2) is 0 Å². The predicted molar refractivity (Wildman–Crippen MR) is 84.6 cm³/mol. The van der Waals surface area contributed by atoms with Crippen LogP contribution in [0.1, 0.15) is 30.9 Å². The molecule has 2 aromatic carbocycles. The summed E-state index contributed by atoms with van der Waals surface area (Å²) < 4.78 is 13.0. The molecular weight excluding hydrogens is 265 g/mol. The van der Waals surface area contributed by atoms with Gasteiger partial charge in [0, 0.05) is 11.8 Å². The third-order valence-corrected chi connectivity index (χ3v) is 3.12. The quantitative estimate of drug-likeness (QED) is 0.816. The molecule has 2 aromatic rings. The van der Waals surface area contributed by atoms with E-state index in [0.29, 0.717) is 11.5 Å². The molecule has 0 spiro atoms. The van der Waals surface area contributed by atoms with Gasteiger partial charge in [-0.1, -0.05) is 44.2 Å². The molecule has 2 nitrogen and oxygen atoms in total. The predicted octanol–water partition coefficient (Wildman–Crippen LogP) is 4.60. The van der Waals surface area contributed by atoms with E-state index in [1.54, 1.807) is 18.2 Å². The van der Waals surface area contributed by atoms with Gasteiger partial charge in [0.25, 0.3) is 0 Å². The molecule has 0 aliphatic heterocycles. The van der Waals surface area contributed by atoms with Crippen LogP contribution >= 0.6 is 0 Å². The number of hydrogen-bond donors (Lipinski definition) is 1. The second kappa shape index (κ2) is 6.84. The summed E-state index contributed by atoms with van der Waals surface area (Å²) in [5.41, 5.74) is 2.55. The highest BCUT2D eigenvalue weighted by Crippen LogP contribution is 2.23. The summed E-state index contributed by atoms with van der Waals surface area (Å²) >= 11 is 0. The number of hydrogen-bond acceptors (Lipinski definition) is 1. The minimum Gasteiger partial charge on any atom is -0.322 e. The number of carbonyl (C=O) groups is 1. The van der Waals surface area contributed by atoms with E-state index in [0.717, 1.165) is 11.3 Å². The summed E-state index contributed by atoms with van der Waals surface area (Å²) in [5, 5.41) is 2.86. The van der Waals surface area contributed by atoms with Crippen LogP contribution in [0.3, 0.4) is 0 Å². The van der Waals surface area contributed by atoms with Gasteiger partial charge in [0.05, 0.1) is 0 Å². The first kappa shape index (κ1) is 15.0. The van der Waals surface area contributed by atoms with Gasteiger partial charge >= 0.3 is 0 Å². The normalized spacial score (nSPS) is 11.0. The van der Waals surface area contributed by atoms with Gasteiger partial charge in [-0.05, 0) is 41.3 Å². The lowest BCUT2D eigenvalue weighted by atomic mass is 10.0. The molecule has 1 N–H and O–H groups in total. The van der Waals surface area contributed by atoms with Crippen LogP contribution in [0.15, 0.2) is 54.6 Å². The monoisotopic (exact) mass is 283 g/mol. The van der Waals surface area contributed by atoms with Gasteiger partial charge in [0.2, 0.25) is 5.91 Å². The van der Waals surface area contributed by atoms with Crippen molar-refractivity contribution < 1.29 is 9.18 Å². The molecule has 0 unspecified atom stereocenters. The van der Waals surface area contributed by atoms with E-state index in [1.807, 2.05) is 24.3 Å². The number of para-hydroxylation sites is 1. The largest absolute Gasteiger partial charge is 0.322 e. The fourth-order valence-corrected chi connectivity index (χ4v) is 2.07. The smallest absolute Gasteiger partial charge is 0.248 e. The zero-order valence-corrected chi connectivity index (χ0v) is 12.1. The Labute approximate surface area is 124 Å². The molecule has 2 rings (SSSR count). The Kier molecular flexibility index (Phi) is 4.88. The average molecular weight is 283 g/mol. The molecule has 0 atom stereocenters. The molecule has 0 aliphatic carbocycles. The topological polar surface area (TPSA) is 29.1 Å². The Bertz CT molecular complexity index is 662. The fraction of sp³-hybridized carbons (Fsp3) is 0.167. The molecule has 3 heteroatoms. The third-order valence-electron chi connectivity index (χ3n) is 3.12. The van der Waals surface area contributed by atoms with Crippen molar-refractivity contribution in [2.75, 3.05) is 5.32 Å². The zero-order valence-electron chi connectivity index (χ0n) is 12.1. The Morgan fingerprint density at radius 2 is 1.90 bits per heavy atom. The SMILES string of the molecule is CC(C)c1ccccc1NC(=O)/C=C/c1cccc(F)c1. The van der Waals surface area contributed by atoms with Gasteiger partial charge in [-0.15, -0.1) is 0 Å². The fourth-order valence-electron chi connectivity index (χ4n) is 2.07. The highest BCUT2D eigenvalue weighted by atomic mass is 19.1. The first-order valence-electron chi connectivity index (χ1n) is 6.90. The van der Waals surface area contributed by atoms with Crippen LogP contribution in [0.4, 0.5) is 10.1 Å². The minimum absolute atomic E-state index is 0.229. The van der Waals surface area contributed by atoms with Crippen LogP contribution in [0.5, 0.6) is 0 Å². The van der Waals surface area contributed by atoms with Crippen molar-refractivity contribution in [2.24, 2.45) is 0 Å². The lowest BCUT2D eigenvalue weighted by Gasteiger charge is -2.12. The molecular formula is C18H18FNO. The van der Waals surface area contributed by atoms with Crippen molar-refractivity contribution in [1.29, 1.82) is 0 Å². The molecule has 0 fully saturated rings. The maximum Gasteiger partial charge on any atom is 0.248 e. The first-order valence-corrected chi connectivity index (χ1v) is 6.90. The number of carbonyl (C=O) groups excluding carboxylic acids is 1. The third kappa shape index (κ3) is 4.28. The number of nitrogens with one attached hydrogen (secondary N) is 1. The van der Waals surface area contributed by atoms with Gasteiger partial charge in [0.1, 0.15) is 5.82 Å². The number of anilines is 1. The second-order valence-corrected chi connectivity index (χ2v) is 5.12. The van der Waals surface area contributed by atoms with Crippen molar-refractivity contribution in [2.45, 2.75) is 19.8 Å². The lowest BCUT2D eigenvalue weighted by Crippen LogP contribution is -2.10. The summed E-state index contributed by atoms with van der Waals surface area (Å²) in [5.74, 6) is -0.219. The molecule has 21 heavy (non-hydrogen) atoms.